The predicted molar refractivity (Wildman–Crippen MR) is 55.3 cm³/mol. The highest BCUT2D eigenvalue weighted by molar-refractivity contribution is 5.26. The lowest BCUT2D eigenvalue weighted by atomic mass is 9.78. The minimum atomic E-state index is 0.0547. The Morgan fingerprint density at radius 3 is 2.80 bits per heavy atom. The van der Waals surface area contributed by atoms with E-state index in [4.69, 9.17) is 4.74 Å². The average molecular weight is 204 g/mol. The zero-order valence-corrected chi connectivity index (χ0v) is 9.07. The Labute approximate surface area is 89.4 Å². The van der Waals surface area contributed by atoms with Crippen LogP contribution in [0, 0.1) is 5.41 Å². The Kier molecular flexibility index (Phi) is 1.27. The maximum atomic E-state index is 6.01. The van der Waals surface area contributed by atoms with Gasteiger partial charge in [0.25, 0.3) is 0 Å². The highest BCUT2D eigenvalue weighted by Crippen LogP contribution is 2.67. The number of rotatable bonds is 1. The summed E-state index contributed by atoms with van der Waals surface area (Å²) in [5.41, 5.74) is 2.03. The molecule has 1 saturated heterocycles. The molecule has 1 aliphatic heterocycles. The zero-order valence-electron chi connectivity index (χ0n) is 9.07. The fourth-order valence-electron chi connectivity index (χ4n) is 3.37. The molecular weight excluding hydrogens is 188 g/mol. The number of ether oxygens (including phenoxy) is 1. The highest BCUT2D eigenvalue weighted by atomic mass is 16.6. The molecule has 1 spiro atoms. The van der Waals surface area contributed by atoms with E-state index in [1.54, 1.807) is 0 Å². The standard InChI is InChI=1S/C12H16N2O/c1-14-9(2-7-13-14)12-6-5-11(3-4-11)8-10(12)15-12/h2,7,10H,3-6,8H2,1H3/t10-,12+/m0/s1. The van der Waals surface area contributed by atoms with Crippen molar-refractivity contribution in [3.05, 3.63) is 18.0 Å². The third-order valence-electron chi connectivity index (χ3n) is 4.67. The van der Waals surface area contributed by atoms with Crippen LogP contribution in [-0.4, -0.2) is 15.9 Å². The zero-order chi connectivity index (χ0) is 10.1. The highest BCUT2D eigenvalue weighted by Gasteiger charge is 2.66. The molecule has 0 N–H and O–H groups in total. The van der Waals surface area contributed by atoms with Gasteiger partial charge in [-0.3, -0.25) is 4.68 Å². The van der Waals surface area contributed by atoms with E-state index in [0.717, 1.165) is 0 Å². The molecule has 3 fully saturated rings. The van der Waals surface area contributed by atoms with E-state index in [2.05, 4.69) is 11.2 Å². The molecule has 15 heavy (non-hydrogen) atoms. The molecule has 1 aromatic heterocycles. The van der Waals surface area contributed by atoms with E-state index in [9.17, 15) is 0 Å². The van der Waals surface area contributed by atoms with Crippen LogP contribution in [0.15, 0.2) is 12.3 Å². The summed E-state index contributed by atoms with van der Waals surface area (Å²) in [6.07, 6.45) is 9.10. The molecule has 0 bridgehead atoms. The second-order valence-electron chi connectivity index (χ2n) is 5.54. The van der Waals surface area contributed by atoms with Crippen molar-refractivity contribution < 1.29 is 4.74 Å². The van der Waals surface area contributed by atoms with Gasteiger partial charge in [0.2, 0.25) is 0 Å². The molecule has 0 amide bonds. The topological polar surface area (TPSA) is 30.4 Å². The van der Waals surface area contributed by atoms with Crippen LogP contribution in [0.3, 0.4) is 0 Å². The molecule has 2 heterocycles. The molecule has 0 radical (unpaired) electrons. The summed E-state index contributed by atoms with van der Waals surface area (Å²) in [6, 6.07) is 2.12. The van der Waals surface area contributed by atoms with Gasteiger partial charge in [0.15, 0.2) is 0 Å². The second-order valence-corrected chi connectivity index (χ2v) is 5.54. The maximum Gasteiger partial charge on any atom is 0.136 e. The van der Waals surface area contributed by atoms with E-state index in [-0.39, 0.29) is 5.60 Å². The first kappa shape index (κ1) is 8.34. The summed E-state index contributed by atoms with van der Waals surface area (Å²) < 4.78 is 7.98. The summed E-state index contributed by atoms with van der Waals surface area (Å²) in [5.74, 6) is 0. The number of hydrogen-bond donors (Lipinski definition) is 0. The van der Waals surface area contributed by atoms with Gasteiger partial charge < -0.3 is 4.74 Å². The van der Waals surface area contributed by atoms with Crippen LogP contribution in [0.2, 0.25) is 0 Å². The van der Waals surface area contributed by atoms with E-state index >= 15 is 0 Å². The first-order chi connectivity index (χ1) is 7.24. The van der Waals surface area contributed by atoms with Gasteiger partial charge in [0, 0.05) is 13.2 Å². The van der Waals surface area contributed by atoms with Gasteiger partial charge >= 0.3 is 0 Å². The van der Waals surface area contributed by atoms with Crippen molar-refractivity contribution in [2.75, 3.05) is 0 Å². The molecule has 4 rings (SSSR count). The minimum absolute atomic E-state index is 0.0547. The van der Waals surface area contributed by atoms with Crippen molar-refractivity contribution in [1.29, 1.82) is 0 Å². The summed E-state index contributed by atoms with van der Waals surface area (Å²) >= 11 is 0. The van der Waals surface area contributed by atoms with Crippen LogP contribution in [0.25, 0.3) is 0 Å². The van der Waals surface area contributed by atoms with E-state index in [1.165, 1.54) is 37.8 Å². The molecular formula is C12H16N2O. The average Bonchev–Trinajstić information content (AvgIpc) is 3.10. The summed E-state index contributed by atoms with van der Waals surface area (Å²) in [7, 11) is 2.02. The Bertz CT molecular complexity index is 421. The normalized spacial score (nSPS) is 40.2. The maximum absolute atomic E-state index is 6.01. The van der Waals surface area contributed by atoms with Crippen molar-refractivity contribution >= 4 is 0 Å². The Morgan fingerprint density at radius 2 is 2.20 bits per heavy atom. The van der Waals surface area contributed by atoms with Gasteiger partial charge in [0.05, 0.1) is 11.8 Å². The van der Waals surface area contributed by atoms with E-state index in [0.29, 0.717) is 11.5 Å². The number of hydrogen-bond acceptors (Lipinski definition) is 2. The van der Waals surface area contributed by atoms with Crippen LogP contribution in [0.4, 0.5) is 0 Å². The molecule has 2 aliphatic carbocycles. The number of aryl methyl sites for hydroxylation is 1. The minimum Gasteiger partial charge on any atom is -0.359 e. The van der Waals surface area contributed by atoms with Crippen LogP contribution in [0.1, 0.15) is 37.8 Å². The van der Waals surface area contributed by atoms with Crippen molar-refractivity contribution in [1.82, 2.24) is 9.78 Å². The van der Waals surface area contributed by atoms with Crippen LogP contribution in [-0.2, 0) is 17.4 Å². The molecule has 1 aromatic rings. The van der Waals surface area contributed by atoms with Crippen LogP contribution >= 0.6 is 0 Å². The number of fused-ring (bicyclic) bond motifs is 1. The Balaban J connectivity index is 1.67. The van der Waals surface area contributed by atoms with Gasteiger partial charge in [-0.25, -0.2) is 0 Å². The monoisotopic (exact) mass is 204 g/mol. The fourth-order valence-corrected chi connectivity index (χ4v) is 3.37. The fraction of sp³-hybridized carbons (Fsp3) is 0.750. The van der Waals surface area contributed by atoms with Crippen molar-refractivity contribution in [3.8, 4) is 0 Å². The van der Waals surface area contributed by atoms with Gasteiger partial charge in [-0.05, 0) is 43.6 Å². The van der Waals surface area contributed by atoms with Crippen molar-refractivity contribution in [3.63, 3.8) is 0 Å². The van der Waals surface area contributed by atoms with E-state index < -0.39 is 0 Å². The second kappa shape index (κ2) is 2.29. The molecule has 2 saturated carbocycles. The van der Waals surface area contributed by atoms with Crippen LogP contribution in [0.5, 0.6) is 0 Å². The number of epoxide rings is 1. The Morgan fingerprint density at radius 1 is 1.40 bits per heavy atom. The lowest BCUT2D eigenvalue weighted by Gasteiger charge is -2.24. The predicted octanol–water partition coefficient (Wildman–Crippen LogP) is 1.98. The quantitative estimate of drug-likeness (QED) is 0.655. The van der Waals surface area contributed by atoms with Gasteiger partial charge in [-0.1, -0.05) is 0 Å². The smallest absolute Gasteiger partial charge is 0.136 e. The number of aromatic nitrogens is 2. The molecule has 0 aromatic carbocycles. The largest absolute Gasteiger partial charge is 0.359 e. The number of nitrogens with zero attached hydrogens (tertiary/aromatic N) is 2. The lowest BCUT2D eigenvalue weighted by molar-refractivity contribution is 0.268. The van der Waals surface area contributed by atoms with Gasteiger partial charge in [-0.2, -0.15) is 5.10 Å². The van der Waals surface area contributed by atoms with Crippen LogP contribution < -0.4 is 0 Å². The van der Waals surface area contributed by atoms with Crippen molar-refractivity contribution in [2.24, 2.45) is 12.5 Å². The van der Waals surface area contributed by atoms with E-state index in [1.807, 2.05) is 17.9 Å². The lowest BCUT2D eigenvalue weighted by Crippen LogP contribution is -2.25. The van der Waals surface area contributed by atoms with Crippen molar-refractivity contribution in [2.45, 2.75) is 43.8 Å². The summed E-state index contributed by atoms with van der Waals surface area (Å²) in [6.45, 7) is 0. The Hall–Kier alpha value is -0.830. The molecule has 0 unspecified atom stereocenters. The molecule has 80 valence electrons. The molecule has 3 nitrogen and oxygen atoms in total. The first-order valence-electron chi connectivity index (χ1n) is 5.91. The van der Waals surface area contributed by atoms with Gasteiger partial charge in [-0.15, -0.1) is 0 Å². The molecule has 3 aliphatic rings. The third kappa shape index (κ3) is 0.969. The molecule has 3 heteroatoms. The van der Waals surface area contributed by atoms with Gasteiger partial charge in [0.1, 0.15) is 5.60 Å². The summed E-state index contributed by atoms with van der Waals surface area (Å²) in [5, 5.41) is 4.25. The third-order valence-corrected chi connectivity index (χ3v) is 4.67. The summed E-state index contributed by atoms with van der Waals surface area (Å²) in [4.78, 5) is 0. The molecule has 2 atom stereocenters. The first-order valence-corrected chi connectivity index (χ1v) is 5.91. The SMILES string of the molecule is Cn1nccc1[C@]12CCC3(CC3)C[C@@H]1O2.